The largest absolute Gasteiger partial charge is 0.347 e. The fourth-order valence-electron chi connectivity index (χ4n) is 6.05. The Hall–Kier alpha value is -0.910. The second-order valence-electron chi connectivity index (χ2n) is 9.59. The van der Waals surface area contributed by atoms with E-state index in [2.05, 4.69) is 0 Å². The summed E-state index contributed by atoms with van der Waals surface area (Å²) in [5, 5.41) is 0. The first-order chi connectivity index (χ1) is 15.1. The maximum Gasteiger partial charge on any atom is 0.264 e. The lowest BCUT2D eigenvalue weighted by Crippen LogP contribution is -2.61. The van der Waals surface area contributed by atoms with Gasteiger partial charge in [0, 0.05) is 18.3 Å². The molecule has 0 aromatic carbocycles. The van der Waals surface area contributed by atoms with Crippen LogP contribution in [0.1, 0.15) is 58.3 Å². The Balaban J connectivity index is 1.58. The highest BCUT2D eigenvalue weighted by molar-refractivity contribution is 7.85. The lowest BCUT2D eigenvalue weighted by atomic mass is 9.57. The average Bonchev–Trinajstić information content (AvgIpc) is 3.41. The molecule has 32 heavy (non-hydrogen) atoms. The van der Waals surface area contributed by atoms with Crippen molar-refractivity contribution in [3.05, 3.63) is 0 Å². The molecule has 2 saturated carbocycles. The Labute approximate surface area is 189 Å². The number of carbonyl (C=O) groups is 2. The summed E-state index contributed by atoms with van der Waals surface area (Å²) in [6.45, 7) is 3.40. The number of carbonyl (C=O) groups excluding carboxylic acids is 2. The summed E-state index contributed by atoms with van der Waals surface area (Å²) in [7, 11) is -3.50. The third-order valence-electron chi connectivity index (χ3n) is 7.64. The standard InChI is InChI=1S/C22H34O9S/c1-20(27-10-11-28-20)21-8-5-6-16(15-21)19(24)22(29-12-13-30-22)17(14-18(21)23)7-3-4-9-31-32(2,25)26/h16-17H,3-15H2,1-2H3/t16-,17+,21-/m0/s1. The highest BCUT2D eigenvalue weighted by Crippen LogP contribution is 2.56. The molecule has 3 atom stereocenters. The van der Waals surface area contributed by atoms with Crippen molar-refractivity contribution in [2.24, 2.45) is 17.3 Å². The molecule has 2 saturated heterocycles. The summed E-state index contributed by atoms with van der Waals surface area (Å²) in [6.07, 6.45) is 5.17. The molecule has 0 aromatic rings. The molecule has 2 aliphatic heterocycles. The molecule has 9 nitrogen and oxygen atoms in total. The van der Waals surface area contributed by atoms with Crippen LogP contribution in [0.25, 0.3) is 0 Å². The zero-order chi connectivity index (χ0) is 23.0. The molecule has 0 N–H and O–H groups in total. The minimum absolute atomic E-state index is 0.0370. The van der Waals surface area contributed by atoms with Crippen molar-refractivity contribution in [3.63, 3.8) is 0 Å². The lowest BCUT2D eigenvalue weighted by Gasteiger charge is -2.51. The van der Waals surface area contributed by atoms with Crippen LogP contribution in [0.2, 0.25) is 0 Å². The van der Waals surface area contributed by atoms with Crippen LogP contribution in [-0.2, 0) is 42.8 Å². The lowest BCUT2D eigenvalue weighted by molar-refractivity contribution is -0.246. The second kappa shape index (κ2) is 9.03. The fourth-order valence-corrected chi connectivity index (χ4v) is 6.47. The van der Waals surface area contributed by atoms with Gasteiger partial charge in [0.1, 0.15) is 5.78 Å². The van der Waals surface area contributed by atoms with Crippen molar-refractivity contribution < 1.29 is 41.1 Å². The van der Waals surface area contributed by atoms with Gasteiger partial charge in [0.25, 0.3) is 10.1 Å². The maximum absolute atomic E-state index is 13.9. The van der Waals surface area contributed by atoms with Gasteiger partial charge in [-0.05, 0) is 39.0 Å². The molecule has 0 aromatic heterocycles. The summed E-state index contributed by atoms with van der Waals surface area (Å²) in [4.78, 5) is 27.7. The molecular weight excluding hydrogens is 440 g/mol. The molecule has 2 bridgehead atoms. The van der Waals surface area contributed by atoms with Crippen molar-refractivity contribution in [1.82, 2.24) is 0 Å². The SMILES string of the molecule is CC1([C@@]23CCC[C@@H](C2)C(=O)C2(OCCO2)[C@H](CCCCOS(C)(=O)=O)CC3=O)OCCO1. The molecule has 10 heteroatoms. The summed E-state index contributed by atoms with van der Waals surface area (Å²) in [5.41, 5.74) is -0.861. The highest BCUT2D eigenvalue weighted by Gasteiger charge is 2.64. The normalized spacial score (nSPS) is 34.6. The number of hydrogen-bond donors (Lipinski definition) is 0. The summed E-state index contributed by atoms with van der Waals surface area (Å²) < 4.78 is 51.1. The Kier molecular flexibility index (Phi) is 6.84. The minimum Gasteiger partial charge on any atom is -0.347 e. The molecule has 2 aliphatic carbocycles. The van der Waals surface area contributed by atoms with Crippen LogP contribution >= 0.6 is 0 Å². The van der Waals surface area contributed by atoms with Crippen molar-refractivity contribution in [2.75, 3.05) is 39.3 Å². The summed E-state index contributed by atoms with van der Waals surface area (Å²) >= 11 is 0. The third kappa shape index (κ3) is 4.30. The number of unbranched alkanes of at least 4 members (excludes halogenated alkanes) is 1. The van der Waals surface area contributed by atoms with Crippen molar-refractivity contribution in [3.8, 4) is 0 Å². The van der Waals surface area contributed by atoms with Gasteiger partial charge in [0.05, 0.1) is 44.7 Å². The van der Waals surface area contributed by atoms with Gasteiger partial charge in [-0.1, -0.05) is 12.8 Å². The Morgan fingerprint density at radius 2 is 1.69 bits per heavy atom. The first-order valence-corrected chi connectivity index (χ1v) is 13.4. The molecule has 1 spiro atoms. The van der Waals surface area contributed by atoms with E-state index in [4.69, 9.17) is 23.1 Å². The highest BCUT2D eigenvalue weighted by atomic mass is 32.2. The van der Waals surface area contributed by atoms with Gasteiger partial charge in [-0.2, -0.15) is 8.42 Å². The van der Waals surface area contributed by atoms with Gasteiger partial charge in [-0.25, -0.2) is 0 Å². The molecule has 2 heterocycles. The van der Waals surface area contributed by atoms with Crippen LogP contribution in [0, 0.1) is 17.3 Å². The van der Waals surface area contributed by atoms with Gasteiger partial charge in [0.2, 0.25) is 5.79 Å². The fraction of sp³-hybridized carbons (Fsp3) is 0.909. The Bertz CT molecular complexity index is 826. The average molecular weight is 475 g/mol. The van der Waals surface area contributed by atoms with Crippen LogP contribution in [0.15, 0.2) is 0 Å². The zero-order valence-electron chi connectivity index (χ0n) is 18.9. The van der Waals surface area contributed by atoms with Crippen LogP contribution in [0.5, 0.6) is 0 Å². The monoisotopic (exact) mass is 474 g/mol. The quantitative estimate of drug-likeness (QED) is 0.403. The van der Waals surface area contributed by atoms with E-state index in [1.165, 1.54) is 0 Å². The van der Waals surface area contributed by atoms with Crippen LogP contribution in [0.3, 0.4) is 0 Å². The van der Waals surface area contributed by atoms with E-state index in [1.807, 2.05) is 6.92 Å². The predicted molar refractivity (Wildman–Crippen MR) is 112 cm³/mol. The van der Waals surface area contributed by atoms with Gasteiger partial charge in [-0.3, -0.25) is 13.8 Å². The Morgan fingerprint density at radius 1 is 1.03 bits per heavy atom. The van der Waals surface area contributed by atoms with Crippen molar-refractivity contribution in [1.29, 1.82) is 0 Å². The molecule has 4 fully saturated rings. The van der Waals surface area contributed by atoms with Crippen molar-refractivity contribution in [2.45, 2.75) is 69.9 Å². The maximum atomic E-state index is 13.9. The Morgan fingerprint density at radius 3 is 2.34 bits per heavy atom. The summed E-state index contributed by atoms with van der Waals surface area (Å²) in [5.74, 6) is -3.28. The van der Waals surface area contributed by atoms with E-state index in [9.17, 15) is 18.0 Å². The van der Waals surface area contributed by atoms with Gasteiger partial charge in [0.15, 0.2) is 11.6 Å². The number of ketones is 2. The van der Waals surface area contributed by atoms with Gasteiger partial charge >= 0.3 is 0 Å². The molecule has 0 radical (unpaired) electrons. The molecular formula is C22H34O9S. The molecule has 182 valence electrons. The van der Waals surface area contributed by atoms with E-state index in [0.717, 1.165) is 12.7 Å². The number of hydrogen-bond acceptors (Lipinski definition) is 9. The molecule has 4 rings (SSSR count). The minimum atomic E-state index is -3.50. The first-order valence-electron chi connectivity index (χ1n) is 11.6. The molecule has 0 unspecified atom stereocenters. The molecule has 4 aliphatic rings. The first kappa shape index (κ1) is 24.2. The topological polar surface area (TPSA) is 114 Å². The van der Waals surface area contributed by atoms with Crippen LogP contribution in [0.4, 0.5) is 0 Å². The van der Waals surface area contributed by atoms with Crippen LogP contribution in [-0.4, -0.2) is 70.8 Å². The second-order valence-corrected chi connectivity index (χ2v) is 11.2. The number of rotatable bonds is 7. The van der Waals surface area contributed by atoms with Crippen molar-refractivity contribution >= 4 is 21.7 Å². The van der Waals surface area contributed by atoms with Gasteiger partial charge in [-0.15, -0.1) is 0 Å². The van der Waals surface area contributed by atoms with E-state index in [0.29, 0.717) is 65.0 Å². The van der Waals surface area contributed by atoms with E-state index >= 15 is 0 Å². The number of Topliss-reactive ketones (excluding diaryl/α,β-unsaturated/α-hetero) is 2. The summed E-state index contributed by atoms with van der Waals surface area (Å²) in [6, 6.07) is 0. The van der Waals surface area contributed by atoms with E-state index in [1.54, 1.807) is 0 Å². The third-order valence-corrected chi connectivity index (χ3v) is 8.23. The van der Waals surface area contributed by atoms with E-state index < -0.39 is 33.0 Å². The van der Waals surface area contributed by atoms with E-state index in [-0.39, 0.29) is 30.5 Å². The van der Waals surface area contributed by atoms with Gasteiger partial charge < -0.3 is 18.9 Å². The van der Waals surface area contributed by atoms with Crippen LogP contribution < -0.4 is 0 Å². The number of fused-ring (bicyclic) bond motifs is 2. The molecule has 0 amide bonds. The predicted octanol–water partition coefficient (Wildman–Crippen LogP) is 1.97. The smallest absolute Gasteiger partial charge is 0.264 e. The number of ether oxygens (including phenoxy) is 4. The zero-order valence-corrected chi connectivity index (χ0v) is 19.7.